The maximum Gasteiger partial charge on any atom is 0.266 e. The minimum atomic E-state index is -0.572. The van der Waals surface area contributed by atoms with Crippen LogP contribution in [0.4, 0.5) is 5.00 Å². The van der Waals surface area contributed by atoms with Crippen molar-refractivity contribution in [2.24, 2.45) is 5.73 Å². The van der Waals surface area contributed by atoms with Gasteiger partial charge in [-0.3, -0.25) is 9.59 Å². The third-order valence-electron chi connectivity index (χ3n) is 3.42. The first-order valence-electron chi connectivity index (χ1n) is 7.02. The van der Waals surface area contributed by atoms with Crippen LogP contribution >= 0.6 is 34.3 Å². The first kappa shape index (κ1) is 16.7. The molecule has 0 fully saturated rings. The monoisotopic (exact) mass is 376 g/mol. The van der Waals surface area contributed by atoms with E-state index >= 15 is 0 Å². The molecule has 4 nitrogen and oxygen atoms in total. The predicted molar refractivity (Wildman–Crippen MR) is 100 cm³/mol. The summed E-state index contributed by atoms with van der Waals surface area (Å²) in [4.78, 5) is 25.8. The van der Waals surface area contributed by atoms with Crippen molar-refractivity contribution in [2.45, 2.75) is 6.92 Å². The molecule has 122 valence electrons. The summed E-state index contributed by atoms with van der Waals surface area (Å²) in [6.45, 7) is 1.90. The van der Waals surface area contributed by atoms with Gasteiger partial charge in [-0.05, 0) is 24.6 Å². The van der Waals surface area contributed by atoms with Crippen LogP contribution in [0.25, 0.3) is 11.1 Å². The SMILES string of the molecule is Cc1sc(NC(=O)c2ccc(Cl)s2)c(C(N)=O)c1-c1ccccc1. The van der Waals surface area contributed by atoms with Gasteiger partial charge in [0.05, 0.1) is 14.8 Å². The van der Waals surface area contributed by atoms with Gasteiger partial charge in [-0.2, -0.15) is 0 Å². The van der Waals surface area contributed by atoms with E-state index in [9.17, 15) is 9.59 Å². The second-order valence-corrected chi connectivity index (χ2v) is 7.97. The number of anilines is 1. The second-order valence-electron chi connectivity index (χ2n) is 5.03. The van der Waals surface area contributed by atoms with E-state index < -0.39 is 5.91 Å². The number of amides is 2. The normalized spacial score (nSPS) is 10.6. The Morgan fingerprint density at radius 2 is 1.79 bits per heavy atom. The van der Waals surface area contributed by atoms with E-state index in [1.54, 1.807) is 12.1 Å². The van der Waals surface area contributed by atoms with Crippen molar-refractivity contribution in [1.29, 1.82) is 0 Å². The Balaban J connectivity index is 2.03. The largest absolute Gasteiger partial charge is 0.365 e. The molecule has 0 unspecified atom stereocenters. The lowest BCUT2D eigenvalue weighted by Gasteiger charge is -2.06. The molecule has 7 heteroatoms. The summed E-state index contributed by atoms with van der Waals surface area (Å²) in [7, 11) is 0. The molecule has 0 aliphatic heterocycles. The third kappa shape index (κ3) is 3.21. The zero-order chi connectivity index (χ0) is 17.3. The molecule has 3 aromatic rings. The summed E-state index contributed by atoms with van der Waals surface area (Å²) in [5.41, 5.74) is 7.56. The van der Waals surface area contributed by atoms with Crippen molar-refractivity contribution in [1.82, 2.24) is 0 Å². The zero-order valence-electron chi connectivity index (χ0n) is 12.6. The fourth-order valence-electron chi connectivity index (χ4n) is 2.42. The smallest absolute Gasteiger partial charge is 0.266 e. The van der Waals surface area contributed by atoms with Gasteiger partial charge in [0, 0.05) is 10.4 Å². The minimum Gasteiger partial charge on any atom is -0.365 e. The van der Waals surface area contributed by atoms with Gasteiger partial charge in [0.2, 0.25) is 0 Å². The number of carbonyl (C=O) groups is 2. The standard InChI is InChI=1S/C17H13ClN2O2S2/c1-9-13(10-5-3-2-4-6-10)14(15(19)21)17(23-9)20-16(22)11-7-8-12(18)24-11/h2-8H,1H3,(H2,19,21)(H,20,22). The molecule has 0 spiro atoms. The van der Waals surface area contributed by atoms with Gasteiger partial charge in [0.1, 0.15) is 5.00 Å². The molecule has 0 saturated carbocycles. The van der Waals surface area contributed by atoms with Crippen LogP contribution in [-0.4, -0.2) is 11.8 Å². The molecular weight excluding hydrogens is 364 g/mol. The van der Waals surface area contributed by atoms with Crippen molar-refractivity contribution in [3.63, 3.8) is 0 Å². The van der Waals surface area contributed by atoms with Crippen LogP contribution in [0.2, 0.25) is 4.34 Å². The first-order chi connectivity index (χ1) is 11.5. The molecule has 0 atom stereocenters. The van der Waals surface area contributed by atoms with Crippen LogP contribution in [-0.2, 0) is 0 Å². The molecule has 0 saturated heterocycles. The van der Waals surface area contributed by atoms with E-state index in [1.807, 2.05) is 37.3 Å². The number of rotatable bonds is 4. The number of hydrogen-bond donors (Lipinski definition) is 2. The number of benzene rings is 1. The lowest BCUT2D eigenvalue weighted by molar-refractivity contribution is 0.100. The van der Waals surface area contributed by atoms with E-state index in [2.05, 4.69) is 5.32 Å². The van der Waals surface area contributed by atoms with Crippen LogP contribution in [0.15, 0.2) is 42.5 Å². The molecule has 2 amide bonds. The molecule has 3 rings (SSSR count). The summed E-state index contributed by atoms with van der Waals surface area (Å²) in [6, 6.07) is 12.8. The third-order valence-corrected chi connectivity index (χ3v) is 5.67. The summed E-state index contributed by atoms with van der Waals surface area (Å²) in [5, 5.41) is 3.24. The minimum absolute atomic E-state index is 0.310. The van der Waals surface area contributed by atoms with Gasteiger partial charge < -0.3 is 11.1 Å². The van der Waals surface area contributed by atoms with Gasteiger partial charge in [-0.1, -0.05) is 41.9 Å². The molecule has 2 heterocycles. The number of hydrogen-bond acceptors (Lipinski definition) is 4. The van der Waals surface area contributed by atoms with Gasteiger partial charge >= 0.3 is 0 Å². The van der Waals surface area contributed by atoms with Crippen LogP contribution in [0.5, 0.6) is 0 Å². The van der Waals surface area contributed by atoms with E-state index in [0.29, 0.717) is 19.8 Å². The van der Waals surface area contributed by atoms with E-state index in [4.69, 9.17) is 17.3 Å². The Bertz CT molecular complexity index is 916. The molecular formula is C17H13ClN2O2S2. The highest BCUT2D eigenvalue weighted by molar-refractivity contribution is 7.19. The van der Waals surface area contributed by atoms with Crippen molar-refractivity contribution in [2.75, 3.05) is 5.32 Å². The molecule has 1 aromatic carbocycles. The van der Waals surface area contributed by atoms with E-state index in [-0.39, 0.29) is 5.91 Å². The predicted octanol–water partition coefficient (Wildman–Crippen LogP) is 4.79. The van der Waals surface area contributed by atoms with E-state index in [1.165, 1.54) is 22.7 Å². The van der Waals surface area contributed by atoms with Crippen LogP contribution < -0.4 is 11.1 Å². The number of halogens is 1. The quantitative estimate of drug-likeness (QED) is 0.687. The maximum atomic E-state index is 12.4. The van der Waals surface area contributed by atoms with Crippen LogP contribution in [0.1, 0.15) is 24.9 Å². The van der Waals surface area contributed by atoms with Crippen molar-refractivity contribution >= 4 is 51.1 Å². The number of carbonyl (C=O) groups excluding carboxylic acids is 2. The number of aryl methyl sites for hydroxylation is 1. The summed E-state index contributed by atoms with van der Waals surface area (Å²) in [6.07, 6.45) is 0. The van der Waals surface area contributed by atoms with Gasteiger partial charge in [0.25, 0.3) is 11.8 Å². The topological polar surface area (TPSA) is 72.2 Å². The Kier molecular flexibility index (Phi) is 4.71. The highest BCUT2D eigenvalue weighted by atomic mass is 35.5. The fourth-order valence-corrected chi connectivity index (χ4v) is 4.44. The zero-order valence-corrected chi connectivity index (χ0v) is 15.0. The molecule has 0 radical (unpaired) electrons. The van der Waals surface area contributed by atoms with Gasteiger partial charge in [0.15, 0.2) is 0 Å². The first-order valence-corrected chi connectivity index (χ1v) is 9.03. The molecule has 0 bridgehead atoms. The number of primary amides is 1. The molecule has 0 aliphatic rings. The van der Waals surface area contributed by atoms with Gasteiger partial charge in [-0.25, -0.2) is 0 Å². The lowest BCUT2D eigenvalue weighted by Crippen LogP contribution is -2.16. The van der Waals surface area contributed by atoms with Crippen LogP contribution in [0.3, 0.4) is 0 Å². The fraction of sp³-hybridized carbons (Fsp3) is 0.0588. The van der Waals surface area contributed by atoms with Crippen molar-refractivity contribution < 1.29 is 9.59 Å². The average Bonchev–Trinajstić information content (AvgIpc) is 3.11. The molecule has 0 aliphatic carbocycles. The second kappa shape index (κ2) is 6.76. The Morgan fingerprint density at radius 1 is 1.08 bits per heavy atom. The summed E-state index contributed by atoms with van der Waals surface area (Å²) in [5.74, 6) is -0.882. The Morgan fingerprint density at radius 3 is 2.38 bits per heavy atom. The molecule has 3 N–H and O–H groups in total. The average molecular weight is 377 g/mol. The highest BCUT2D eigenvalue weighted by Crippen LogP contribution is 2.40. The van der Waals surface area contributed by atoms with Crippen molar-refractivity contribution in [3.8, 4) is 11.1 Å². The summed E-state index contributed by atoms with van der Waals surface area (Å²) >= 11 is 8.38. The van der Waals surface area contributed by atoms with Crippen molar-refractivity contribution in [3.05, 3.63) is 62.1 Å². The Hall–Kier alpha value is -2.15. The van der Waals surface area contributed by atoms with Crippen LogP contribution in [0, 0.1) is 6.92 Å². The Labute approximate surface area is 151 Å². The lowest BCUT2D eigenvalue weighted by atomic mass is 10.0. The number of thiophene rings is 2. The number of nitrogens with two attached hydrogens (primary N) is 1. The highest BCUT2D eigenvalue weighted by Gasteiger charge is 2.23. The molecule has 2 aromatic heterocycles. The summed E-state index contributed by atoms with van der Waals surface area (Å²) < 4.78 is 0.530. The maximum absolute atomic E-state index is 12.4. The number of nitrogens with one attached hydrogen (secondary N) is 1. The van der Waals surface area contributed by atoms with E-state index in [0.717, 1.165) is 16.0 Å². The van der Waals surface area contributed by atoms with Gasteiger partial charge in [-0.15, -0.1) is 22.7 Å². The molecule has 24 heavy (non-hydrogen) atoms.